The van der Waals surface area contributed by atoms with E-state index in [-0.39, 0.29) is 35.4 Å². The van der Waals surface area contributed by atoms with Crippen LogP contribution in [-0.2, 0) is 19.6 Å². The first-order valence-corrected chi connectivity index (χ1v) is 9.99. The topological polar surface area (TPSA) is 113 Å². The van der Waals surface area contributed by atoms with Gasteiger partial charge < -0.3 is 15.2 Å². The van der Waals surface area contributed by atoms with E-state index in [0.717, 1.165) is 0 Å². The average molecular weight is 384 g/mol. The Hall–Kier alpha value is -1.97. The number of carboxylic acid groups (broad SMARTS) is 1. The number of carbonyl (C=O) groups is 2. The SMILES string of the molecule is CCOCCNC(=O)C1CCN(S(=O)(=O)c2ccccc2C(=O)O)CC1. The van der Waals surface area contributed by atoms with Crippen LogP contribution in [0.3, 0.4) is 0 Å². The molecule has 1 amide bonds. The Balaban J connectivity index is 1.99. The molecule has 9 heteroatoms. The number of nitrogens with one attached hydrogen (secondary N) is 1. The first kappa shape index (κ1) is 20.3. The predicted molar refractivity (Wildman–Crippen MR) is 94.4 cm³/mol. The van der Waals surface area contributed by atoms with Crippen molar-refractivity contribution >= 4 is 21.9 Å². The maximum atomic E-state index is 12.8. The highest BCUT2D eigenvalue weighted by Gasteiger charge is 2.33. The average Bonchev–Trinajstić information content (AvgIpc) is 2.65. The second-order valence-electron chi connectivity index (χ2n) is 5.97. The minimum absolute atomic E-state index is 0.104. The molecule has 0 radical (unpaired) electrons. The number of benzene rings is 1. The van der Waals surface area contributed by atoms with E-state index in [1.165, 1.54) is 28.6 Å². The van der Waals surface area contributed by atoms with Gasteiger partial charge in [0.15, 0.2) is 0 Å². The van der Waals surface area contributed by atoms with Crippen LogP contribution in [0.25, 0.3) is 0 Å². The van der Waals surface area contributed by atoms with E-state index >= 15 is 0 Å². The van der Waals surface area contributed by atoms with Gasteiger partial charge in [-0.1, -0.05) is 12.1 Å². The Labute approximate surface area is 153 Å². The number of sulfonamides is 1. The fourth-order valence-corrected chi connectivity index (χ4v) is 4.55. The number of piperidine rings is 1. The van der Waals surface area contributed by atoms with Crippen molar-refractivity contribution in [3.63, 3.8) is 0 Å². The normalized spacial score (nSPS) is 16.3. The lowest BCUT2D eigenvalue weighted by Crippen LogP contribution is -2.43. The number of hydrogen-bond donors (Lipinski definition) is 2. The van der Waals surface area contributed by atoms with Gasteiger partial charge in [-0.05, 0) is 31.9 Å². The van der Waals surface area contributed by atoms with Crippen LogP contribution >= 0.6 is 0 Å². The van der Waals surface area contributed by atoms with Gasteiger partial charge in [0, 0.05) is 32.2 Å². The molecule has 1 fully saturated rings. The molecule has 1 aliphatic heterocycles. The molecule has 0 bridgehead atoms. The summed E-state index contributed by atoms with van der Waals surface area (Å²) in [7, 11) is -3.91. The van der Waals surface area contributed by atoms with Crippen LogP contribution in [0, 0.1) is 5.92 Å². The van der Waals surface area contributed by atoms with Crippen LogP contribution in [0.4, 0.5) is 0 Å². The van der Waals surface area contributed by atoms with Gasteiger partial charge in [0.05, 0.1) is 17.1 Å². The number of ether oxygens (including phenoxy) is 1. The molecule has 0 saturated carbocycles. The molecule has 0 aromatic heterocycles. The summed E-state index contributed by atoms with van der Waals surface area (Å²) in [6.45, 7) is 3.70. The minimum atomic E-state index is -3.91. The van der Waals surface area contributed by atoms with Crippen LogP contribution in [0.2, 0.25) is 0 Å². The Morgan fingerprint density at radius 3 is 2.54 bits per heavy atom. The molecule has 0 aliphatic carbocycles. The number of rotatable bonds is 8. The number of nitrogens with zero attached hydrogens (tertiary/aromatic N) is 1. The molecule has 26 heavy (non-hydrogen) atoms. The summed E-state index contributed by atoms with van der Waals surface area (Å²) in [6, 6.07) is 5.55. The largest absolute Gasteiger partial charge is 0.478 e. The molecule has 0 atom stereocenters. The number of carbonyl (C=O) groups excluding carboxylic acids is 1. The lowest BCUT2D eigenvalue weighted by molar-refractivity contribution is -0.126. The number of amides is 1. The highest BCUT2D eigenvalue weighted by atomic mass is 32.2. The number of aromatic carboxylic acids is 1. The van der Waals surface area contributed by atoms with Crippen molar-refractivity contribution in [3.05, 3.63) is 29.8 Å². The smallest absolute Gasteiger partial charge is 0.337 e. The minimum Gasteiger partial charge on any atom is -0.478 e. The molecular weight excluding hydrogens is 360 g/mol. The van der Waals surface area contributed by atoms with Gasteiger partial charge in [-0.25, -0.2) is 13.2 Å². The number of carboxylic acids is 1. The third-order valence-electron chi connectivity index (χ3n) is 4.31. The lowest BCUT2D eigenvalue weighted by atomic mass is 9.97. The van der Waals surface area contributed by atoms with E-state index in [1.54, 1.807) is 0 Å². The lowest BCUT2D eigenvalue weighted by Gasteiger charge is -2.30. The fourth-order valence-electron chi connectivity index (χ4n) is 2.90. The van der Waals surface area contributed by atoms with Gasteiger partial charge in [0.1, 0.15) is 0 Å². The van der Waals surface area contributed by atoms with E-state index in [2.05, 4.69) is 5.32 Å². The molecule has 1 aliphatic rings. The van der Waals surface area contributed by atoms with Crippen LogP contribution in [0.15, 0.2) is 29.2 Å². The van der Waals surface area contributed by atoms with Crippen LogP contribution in [-0.4, -0.2) is 62.6 Å². The summed E-state index contributed by atoms with van der Waals surface area (Å²) >= 11 is 0. The maximum Gasteiger partial charge on any atom is 0.337 e. The maximum absolute atomic E-state index is 12.8. The molecule has 1 aromatic carbocycles. The third kappa shape index (κ3) is 4.80. The van der Waals surface area contributed by atoms with Gasteiger partial charge >= 0.3 is 5.97 Å². The quantitative estimate of drug-likeness (QED) is 0.645. The standard InChI is InChI=1S/C17H24N2O6S/c1-2-25-12-9-18-16(20)13-7-10-19(11-8-13)26(23,24)15-6-4-3-5-14(15)17(21)22/h3-6,13H,2,7-12H2,1H3,(H,18,20)(H,21,22). The Morgan fingerprint density at radius 2 is 1.92 bits per heavy atom. The molecule has 0 spiro atoms. The second kappa shape index (κ2) is 9.11. The monoisotopic (exact) mass is 384 g/mol. The molecule has 2 rings (SSSR count). The predicted octanol–water partition coefficient (Wildman–Crippen LogP) is 0.938. The van der Waals surface area contributed by atoms with Gasteiger partial charge in [-0.2, -0.15) is 4.31 Å². The van der Waals surface area contributed by atoms with E-state index in [0.29, 0.717) is 32.6 Å². The molecular formula is C17H24N2O6S. The molecule has 2 N–H and O–H groups in total. The second-order valence-corrected chi connectivity index (χ2v) is 7.87. The van der Waals surface area contributed by atoms with Gasteiger partial charge in [-0.15, -0.1) is 0 Å². The zero-order chi connectivity index (χ0) is 19.2. The van der Waals surface area contributed by atoms with Crippen molar-refractivity contribution in [2.24, 2.45) is 5.92 Å². The highest BCUT2D eigenvalue weighted by Crippen LogP contribution is 2.26. The number of hydrogen-bond acceptors (Lipinski definition) is 5. The van der Waals surface area contributed by atoms with Gasteiger partial charge in [-0.3, -0.25) is 4.79 Å². The summed E-state index contributed by atoms with van der Waals surface area (Å²) in [5.41, 5.74) is -0.247. The van der Waals surface area contributed by atoms with E-state index < -0.39 is 16.0 Å². The van der Waals surface area contributed by atoms with Crippen molar-refractivity contribution < 1.29 is 27.9 Å². The van der Waals surface area contributed by atoms with Crippen LogP contribution < -0.4 is 5.32 Å². The van der Waals surface area contributed by atoms with Crippen molar-refractivity contribution in [1.82, 2.24) is 9.62 Å². The fraction of sp³-hybridized carbons (Fsp3) is 0.529. The first-order chi connectivity index (χ1) is 12.4. The summed E-state index contributed by atoms with van der Waals surface area (Å²) < 4.78 is 32.0. The summed E-state index contributed by atoms with van der Waals surface area (Å²) in [6.07, 6.45) is 0.796. The molecule has 1 saturated heterocycles. The molecule has 1 heterocycles. The molecule has 1 aromatic rings. The van der Waals surface area contributed by atoms with E-state index in [9.17, 15) is 23.1 Å². The van der Waals surface area contributed by atoms with Crippen molar-refractivity contribution in [3.8, 4) is 0 Å². The van der Waals surface area contributed by atoms with Gasteiger partial charge in [0.2, 0.25) is 15.9 Å². The Morgan fingerprint density at radius 1 is 1.27 bits per heavy atom. The van der Waals surface area contributed by atoms with Crippen molar-refractivity contribution in [2.75, 3.05) is 32.8 Å². The van der Waals surface area contributed by atoms with Crippen LogP contribution in [0.5, 0.6) is 0 Å². The first-order valence-electron chi connectivity index (χ1n) is 8.55. The molecule has 0 unspecified atom stereocenters. The molecule has 8 nitrogen and oxygen atoms in total. The van der Waals surface area contributed by atoms with E-state index in [1.807, 2.05) is 6.92 Å². The molecule has 144 valence electrons. The van der Waals surface area contributed by atoms with Gasteiger partial charge in [0.25, 0.3) is 0 Å². The van der Waals surface area contributed by atoms with Crippen molar-refractivity contribution in [2.45, 2.75) is 24.7 Å². The van der Waals surface area contributed by atoms with E-state index in [4.69, 9.17) is 4.74 Å². The van der Waals surface area contributed by atoms with Crippen LogP contribution in [0.1, 0.15) is 30.1 Å². The summed E-state index contributed by atoms with van der Waals surface area (Å²) in [5, 5.41) is 12.0. The Kier molecular flexibility index (Phi) is 7.13. The summed E-state index contributed by atoms with van der Waals surface area (Å²) in [5.74, 6) is -1.64. The third-order valence-corrected chi connectivity index (χ3v) is 6.27. The van der Waals surface area contributed by atoms with Crippen molar-refractivity contribution in [1.29, 1.82) is 0 Å². The zero-order valence-corrected chi connectivity index (χ0v) is 15.5. The zero-order valence-electron chi connectivity index (χ0n) is 14.7. The Bertz CT molecular complexity index is 741. The highest BCUT2D eigenvalue weighted by molar-refractivity contribution is 7.89. The summed E-state index contributed by atoms with van der Waals surface area (Å²) in [4.78, 5) is 23.2.